The minimum Gasteiger partial charge on any atom is -0.496 e. The second kappa shape index (κ2) is 6.06. The van der Waals surface area contributed by atoms with Crippen LogP contribution < -0.4 is 15.8 Å². The second-order valence-electron chi connectivity index (χ2n) is 5.23. The zero-order valence-electron chi connectivity index (χ0n) is 11.6. The van der Waals surface area contributed by atoms with Crippen molar-refractivity contribution in [2.45, 2.75) is 38.6 Å². The summed E-state index contributed by atoms with van der Waals surface area (Å²) in [6, 6.07) is 5.64. The van der Waals surface area contributed by atoms with Crippen LogP contribution in [0.1, 0.15) is 31.2 Å². The van der Waals surface area contributed by atoms with Gasteiger partial charge in [0.05, 0.1) is 13.0 Å². The smallest absolute Gasteiger partial charge is 0.229 e. The molecule has 1 aromatic rings. The highest BCUT2D eigenvalue weighted by molar-refractivity contribution is 5.93. The monoisotopic (exact) mass is 262 g/mol. The summed E-state index contributed by atoms with van der Waals surface area (Å²) >= 11 is 0. The van der Waals surface area contributed by atoms with Crippen molar-refractivity contribution in [3.8, 4) is 5.75 Å². The maximum absolute atomic E-state index is 12.2. The van der Waals surface area contributed by atoms with E-state index in [1.54, 1.807) is 7.11 Å². The van der Waals surface area contributed by atoms with Crippen molar-refractivity contribution in [1.29, 1.82) is 0 Å². The average molecular weight is 262 g/mol. The number of hydrogen-bond donors (Lipinski definition) is 2. The number of nitrogens with one attached hydrogen (secondary N) is 1. The van der Waals surface area contributed by atoms with E-state index >= 15 is 0 Å². The van der Waals surface area contributed by atoms with Crippen LogP contribution in [0.3, 0.4) is 0 Å². The van der Waals surface area contributed by atoms with Gasteiger partial charge in [0.1, 0.15) is 5.75 Å². The van der Waals surface area contributed by atoms with Gasteiger partial charge in [-0.05, 0) is 43.5 Å². The van der Waals surface area contributed by atoms with Gasteiger partial charge in [-0.25, -0.2) is 0 Å². The molecule has 2 unspecified atom stereocenters. The van der Waals surface area contributed by atoms with E-state index in [2.05, 4.69) is 5.32 Å². The molecule has 1 saturated carbocycles. The van der Waals surface area contributed by atoms with Crippen LogP contribution in [0.4, 0.5) is 5.69 Å². The summed E-state index contributed by atoms with van der Waals surface area (Å²) in [5.41, 5.74) is 7.84. The standard InChI is InChI=1S/C15H22N2O2/c1-10-9-11(7-8-14(10)19-2)17-15(18)12-5-3-4-6-13(12)16/h7-9,12-13H,3-6,16H2,1-2H3,(H,17,18). The fraction of sp³-hybridized carbons (Fsp3) is 0.533. The molecule has 0 aromatic heterocycles. The second-order valence-corrected chi connectivity index (χ2v) is 5.23. The van der Waals surface area contributed by atoms with Crippen LogP contribution in [0.2, 0.25) is 0 Å². The molecule has 4 nitrogen and oxygen atoms in total. The maximum Gasteiger partial charge on any atom is 0.229 e. The minimum atomic E-state index is -0.0591. The molecule has 1 aliphatic carbocycles. The normalized spacial score (nSPS) is 22.9. The molecule has 1 aromatic carbocycles. The van der Waals surface area contributed by atoms with Crippen molar-refractivity contribution in [2.24, 2.45) is 11.7 Å². The predicted molar refractivity (Wildman–Crippen MR) is 76.3 cm³/mol. The van der Waals surface area contributed by atoms with Gasteiger partial charge in [0, 0.05) is 11.7 Å². The zero-order valence-corrected chi connectivity index (χ0v) is 11.6. The van der Waals surface area contributed by atoms with Crippen LogP contribution in [0.25, 0.3) is 0 Å². The minimum absolute atomic E-state index is 0.00639. The third-order valence-electron chi connectivity index (χ3n) is 3.82. The number of aryl methyl sites for hydroxylation is 1. The molecular weight excluding hydrogens is 240 g/mol. The van der Waals surface area contributed by atoms with Crippen molar-refractivity contribution in [2.75, 3.05) is 12.4 Å². The van der Waals surface area contributed by atoms with Gasteiger partial charge in [-0.2, -0.15) is 0 Å². The van der Waals surface area contributed by atoms with E-state index in [1.165, 1.54) is 0 Å². The lowest BCUT2D eigenvalue weighted by Gasteiger charge is -2.27. The summed E-state index contributed by atoms with van der Waals surface area (Å²) in [7, 11) is 1.64. The Morgan fingerprint density at radius 1 is 1.37 bits per heavy atom. The fourth-order valence-electron chi connectivity index (χ4n) is 2.68. The lowest BCUT2D eigenvalue weighted by atomic mass is 9.84. The van der Waals surface area contributed by atoms with Crippen molar-refractivity contribution in [1.82, 2.24) is 0 Å². The number of rotatable bonds is 3. The highest BCUT2D eigenvalue weighted by Gasteiger charge is 2.28. The third-order valence-corrected chi connectivity index (χ3v) is 3.82. The van der Waals surface area contributed by atoms with Crippen LogP contribution in [0.5, 0.6) is 5.75 Å². The highest BCUT2D eigenvalue weighted by atomic mass is 16.5. The Morgan fingerprint density at radius 3 is 2.74 bits per heavy atom. The van der Waals surface area contributed by atoms with E-state index in [9.17, 15) is 4.79 Å². The Kier molecular flexibility index (Phi) is 4.43. The Bertz CT molecular complexity index is 459. The molecule has 0 bridgehead atoms. The van der Waals surface area contributed by atoms with E-state index in [0.29, 0.717) is 0 Å². The molecule has 0 heterocycles. The SMILES string of the molecule is COc1ccc(NC(=O)C2CCCCC2N)cc1C. The molecule has 1 amide bonds. The first-order chi connectivity index (χ1) is 9.11. The van der Waals surface area contributed by atoms with Crippen LogP contribution in [0.15, 0.2) is 18.2 Å². The van der Waals surface area contributed by atoms with Gasteiger partial charge in [-0.3, -0.25) is 4.79 Å². The molecule has 0 saturated heterocycles. The number of carbonyl (C=O) groups is 1. The molecule has 19 heavy (non-hydrogen) atoms. The van der Waals surface area contributed by atoms with E-state index in [1.807, 2.05) is 25.1 Å². The number of anilines is 1. The number of hydrogen-bond acceptors (Lipinski definition) is 3. The quantitative estimate of drug-likeness (QED) is 0.879. The molecule has 3 N–H and O–H groups in total. The fourth-order valence-corrected chi connectivity index (χ4v) is 2.68. The number of carbonyl (C=O) groups excluding carboxylic acids is 1. The number of nitrogens with two attached hydrogens (primary N) is 1. The van der Waals surface area contributed by atoms with Gasteiger partial charge in [0.15, 0.2) is 0 Å². The summed E-state index contributed by atoms with van der Waals surface area (Å²) in [4.78, 5) is 12.2. The molecule has 0 radical (unpaired) electrons. The molecule has 2 rings (SSSR count). The van der Waals surface area contributed by atoms with E-state index < -0.39 is 0 Å². The number of ether oxygens (including phenoxy) is 1. The summed E-state index contributed by atoms with van der Waals surface area (Å²) in [6.07, 6.45) is 4.06. The Hall–Kier alpha value is -1.55. The Morgan fingerprint density at radius 2 is 2.11 bits per heavy atom. The first-order valence-corrected chi connectivity index (χ1v) is 6.83. The van der Waals surface area contributed by atoms with Crippen LogP contribution >= 0.6 is 0 Å². The molecule has 2 atom stereocenters. The molecule has 1 aliphatic rings. The van der Waals surface area contributed by atoms with Crippen LogP contribution in [-0.4, -0.2) is 19.1 Å². The van der Waals surface area contributed by atoms with E-state index in [0.717, 1.165) is 42.7 Å². The van der Waals surface area contributed by atoms with Gasteiger partial charge >= 0.3 is 0 Å². The number of amides is 1. The van der Waals surface area contributed by atoms with Crippen LogP contribution in [-0.2, 0) is 4.79 Å². The largest absolute Gasteiger partial charge is 0.496 e. The number of benzene rings is 1. The zero-order chi connectivity index (χ0) is 13.8. The van der Waals surface area contributed by atoms with Gasteiger partial charge in [-0.1, -0.05) is 12.8 Å². The lowest BCUT2D eigenvalue weighted by Crippen LogP contribution is -2.40. The Balaban J connectivity index is 2.04. The molecule has 0 aliphatic heterocycles. The molecule has 0 spiro atoms. The lowest BCUT2D eigenvalue weighted by molar-refractivity contribution is -0.121. The highest BCUT2D eigenvalue weighted by Crippen LogP contribution is 2.26. The first-order valence-electron chi connectivity index (χ1n) is 6.83. The van der Waals surface area contributed by atoms with Crippen molar-refractivity contribution in [3.05, 3.63) is 23.8 Å². The van der Waals surface area contributed by atoms with Gasteiger partial charge < -0.3 is 15.8 Å². The number of methoxy groups -OCH3 is 1. The van der Waals surface area contributed by atoms with Gasteiger partial charge in [-0.15, -0.1) is 0 Å². The van der Waals surface area contributed by atoms with Crippen molar-refractivity contribution < 1.29 is 9.53 Å². The topological polar surface area (TPSA) is 64.3 Å². The molecule has 1 fully saturated rings. The first kappa shape index (κ1) is 13.9. The van der Waals surface area contributed by atoms with Crippen molar-refractivity contribution in [3.63, 3.8) is 0 Å². The molecule has 104 valence electrons. The van der Waals surface area contributed by atoms with Gasteiger partial charge in [0.2, 0.25) is 5.91 Å². The predicted octanol–water partition coefficient (Wildman–Crippen LogP) is 2.46. The van der Waals surface area contributed by atoms with Gasteiger partial charge in [0.25, 0.3) is 0 Å². The van der Waals surface area contributed by atoms with Crippen LogP contribution in [0, 0.1) is 12.8 Å². The third kappa shape index (κ3) is 3.26. The summed E-state index contributed by atoms with van der Waals surface area (Å²) in [5.74, 6) is 0.806. The molecular formula is C15H22N2O2. The Labute approximate surface area is 114 Å². The van der Waals surface area contributed by atoms with E-state index in [-0.39, 0.29) is 17.9 Å². The average Bonchev–Trinajstić information content (AvgIpc) is 2.39. The van der Waals surface area contributed by atoms with Crippen molar-refractivity contribution >= 4 is 11.6 Å². The summed E-state index contributed by atoms with van der Waals surface area (Å²) in [5, 5.41) is 2.96. The summed E-state index contributed by atoms with van der Waals surface area (Å²) in [6.45, 7) is 1.96. The molecule has 4 heteroatoms. The summed E-state index contributed by atoms with van der Waals surface area (Å²) < 4.78 is 5.21. The van der Waals surface area contributed by atoms with E-state index in [4.69, 9.17) is 10.5 Å². The maximum atomic E-state index is 12.2.